The first kappa shape index (κ1) is 17.3. The van der Waals surface area contributed by atoms with Crippen LogP contribution in [0.15, 0.2) is 0 Å². The molecule has 0 saturated carbocycles. The molecule has 0 bridgehead atoms. The first-order valence-electron chi connectivity index (χ1n) is 7.23. The molecular weight excluding hydrogens is 280 g/mol. The van der Waals surface area contributed by atoms with Gasteiger partial charge in [0.1, 0.15) is 0 Å². The van der Waals surface area contributed by atoms with E-state index in [1.807, 2.05) is 20.8 Å². The Morgan fingerprint density at radius 1 is 1.10 bits per heavy atom. The van der Waals surface area contributed by atoms with Crippen molar-refractivity contribution in [1.82, 2.24) is 0 Å². The van der Waals surface area contributed by atoms with E-state index in [-0.39, 0.29) is 12.3 Å². The smallest absolute Gasteiger partial charge is 0.393 e. The largest absolute Gasteiger partial charge is 0.500 e. The van der Waals surface area contributed by atoms with Crippen molar-refractivity contribution < 1.29 is 27.6 Å². The Balaban J connectivity index is 2.48. The minimum atomic E-state index is -2.64. The van der Waals surface area contributed by atoms with Gasteiger partial charge in [0, 0.05) is 25.9 Å². The average Bonchev–Trinajstić information content (AvgIpc) is 2.69. The van der Waals surface area contributed by atoms with Crippen LogP contribution in [-0.2, 0) is 27.6 Å². The number of carbonyl (C=O) groups excluding carboxylic acids is 2. The highest BCUT2D eigenvalue weighted by Gasteiger charge is 2.41. The summed E-state index contributed by atoms with van der Waals surface area (Å²) in [4.78, 5) is 22.4. The Morgan fingerprint density at radius 2 is 1.65 bits per heavy atom. The molecule has 0 spiro atoms. The quantitative estimate of drug-likeness (QED) is 0.349. The second-order valence-electron chi connectivity index (χ2n) is 4.57. The highest BCUT2D eigenvalue weighted by molar-refractivity contribution is 6.60. The van der Waals surface area contributed by atoms with Crippen molar-refractivity contribution >= 4 is 20.7 Å². The van der Waals surface area contributed by atoms with Crippen LogP contribution in [0.2, 0.25) is 6.04 Å². The van der Waals surface area contributed by atoms with Gasteiger partial charge in [0.15, 0.2) is 0 Å². The first-order chi connectivity index (χ1) is 9.56. The fourth-order valence-corrected chi connectivity index (χ4v) is 4.95. The molecule has 20 heavy (non-hydrogen) atoms. The molecule has 0 amide bonds. The van der Waals surface area contributed by atoms with Crippen molar-refractivity contribution in [2.45, 2.75) is 46.1 Å². The molecular formula is C13H24O6Si. The summed E-state index contributed by atoms with van der Waals surface area (Å²) >= 11 is 0. The van der Waals surface area contributed by atoms with Crippen LogP contribution in [0.1, 0.15) is 40.0 Å². The zero-order valence-corrected chi connectivity index (χ0v) is 13.5. The molecule has 0 aromatic carbocycles. The lowest BCUT2D eigenvalue weighted by molar-refractivity contribution is -0.153. The van der Waals surface area contributed by atoms with Crippen molar-refractivity contribution in [2.24, 2.45) is 5.92 Å². The number of rotatable bonds is 10. The Morgan fingerprint density at radius 3 is 2.05 bits per heavy atom. The van der Waals surface area contributed by atoms with Crippen LogP contribution in [0, 0.1) is 5.92 Å². The van der Waals surface area contributed by atoms with E-state index in [2.05, 4.69) is 4.74 Å². The number of carbonyl (C=O) groups is 2. The van der Waals surface area contributed by atoms with Gasteiger partial charge in [-0.25, -0.2) is 0 Å². The summed E-state index contributed by atoms with van der Waals surface area (Å²) in [6.07, 6.45) is 1.51. The summed E-state index contributed by atoms with van der Waals surface area (Å²) < 4.78 is 21.7. The van der Waals surface area contributed by atoms with E-state index >= 15 is 0 Å². The van der Waals surface area contributed by atoms with Gasteiger partial charge in [0.25, 0.3) is 0 Å². The average molecular weight is 304 g/mol. The van der Waals surface area contributed by atoms with E-state index < -0.39 is 20.7 Å². The molecule has 116 valence electrons. The molecule has 1 rings (SSSR count). The zero-order valence-electron chi connectivity index (χ0n) is 12.5. The summed E-state index contributed by atoms with van der Waals surface area (Å²) in [5, 5.41) is 0. The van der Waals surface area contributed by atoms with E-state index in [0.717, 1.165) is 6.42 Å². The third kappa shape index (κ3) is 4.97. The van der Waals surface area contributed by atoms with E-state index in [0.29, 0.717) is 32.3 Å². The lowest BCUT2D eigenvalue weighted by atomic mass is 10.0. The second-order valence-corrected chi connectivity index (χ2v) is 7.30. The standard InChI is InChI=1S/C13H24O6Si/c1-4-16-20(17-5-2,18-6-3)9-7-8-11-10-12(14)19-13(11)15/h11H,4-10H2,1-3H3/t11-/m1/s1. The molecule has 0 N–H and O–H groups in total. The predicted octanol–water partition coefficient (Wildman–Crippen LogP) is 1.90. The number of hydrogen-bond acceptors (Lipinski definition) is 6. The van der Waals surface area contributed by atoms with Gasteiger partial charge in [0.05, 0.1) is 12.3 Å². The topological polar surface area (TPSA) is 71.1 Å². The summed E-state index contributed by atoms with van der Waals surface area (Å²) in [6.45, 7) is 7.34. The zero-order chi connectivity index (χ0) is 15.0. The molecule has 0 unspecified atom stereocenters. The Kier molecular flexibility index (Phi) is 7.35. The molecule has 1 aliphatic rings. The molecule has 0 aromatic rings. The van der Waals surface area contributed by atoms with Crippen LogP contribution in [-0.4, -0.2) is 40.6 Å². The second kappa shape index (κ2) is 8.51. The van der Waals surface area contributed by atoms with Crippen LogP contribution in [0.4, 0.5) is 0 Å². The van der Waals surface area contributed by atoms with Crippen molar-refractivity contribution in [3.05, 3.63) is 0 Å². The highest BCUT2D eigenvalue weighted by Crippen LogP contribution is 2.25. The number of ether oxygens (including phenoxy) is 1. The third-order valence-corrected chi connectivity index (χ3v) is 6.24. The Bertz CT molecular complexity index is 316. The van der Waals surface area contributed by atoms with Gasteiger partial charge in [-0.05, 0) is 33.6 Å². The number of hydrogen-bond donors (Lipinski definition) is 0. The molecule has 1 aliphatic heterocycles. The molecule has 6 nitrogen and oxygen atoms in total. The van der Waals surface area contributed by atoms with Crippen molar-refractivity contribution in [1.29, 1.82) is 0 Å². The SMILES string of the molecule is CCO[Si](CCC[C@@H]1CC(=O)OC1=O)(OCC)OCC. The van der Waals surface area contributed by atoms with Crippen molar-refractivity contribution in [3.8, 4) is 0 Å². The minimum Gasteiger partial charge on any atom is -0.393 e. The van der Waals surface area contributed by atoms with Gasteiger partial charge in [-0.3, -0.25) is 9.59 Å². The molecule has 1 heterocycles. The van der Waals surface area contributed by atoms with Crippen LogP contribution in [0.5, 0.6) is 0 Å². The van der Waals surface area contributed by atoms with E-state index in [4.69, 9.17) is 13.3 Å². The van der Waals surface area contributed by atoms with E-state index in [9.17, 15) is 9.59 Å². The van der Waals surface area contributed by atoms with Crippen LogP contribution < -0.4 is 0 Å². The third-order valence-electron chi connectivity index (χ3n) is 3.09. The predicted molar refractivity (Wildman–Crippen MR) is 73.9 cm³/mol. The van der Waals surface area contributed by atoms with Gasteiger partial charge in [-0.2, -0.15) is 0 Å². The summed E-state index contributed by atoms with van der Waals surface area (Å²) in [5.74, 6) is -1.16. The Hall–Kier alpha value is -0.763. The molecule has 1 fully saturated rings. The number of esters is 2. The van der Waals surface area contributed by atoms with Crippen LogP contribution in [0.3, 0.4) is 0 Å². The van der Waals surface area contributed by atoms with Crippen LogP contribution in [0.25, 0.3) is 0 Å². The maximum atomic E-state index is 11.4. The first-order valence-corrected chi connectivity index (χ1v) is 9.16. The monoisotopic (exact) mass is 304 g/mol. The van der Waals surface area contributed by atoms with Gasteiger partial charge < -0.3 is 18.0 Å². The van der Waals surface area contributed by atoms with Gasteiger partial charge in [0.2, 0.25) is 0 Å². The van der Waals surface area contributed by atoms with Crippen molar-refractivity contribution in [3.63, 3.8) is 0 Å². The maximum Gasteiger partial charge on any atom is 0.500 e. The van der Waals surface area contributed by atoms with E-state index in [1.54, 1.807) is 0 Å². The lowest BCUT2D eigenvalue weighted by Crippen LogP contribution is -2.46. The van der Waals surface area contributed by atoms with Crippen molar-refractivity contribution in [2.75, 3.05) is 19.8 Å². The Labute approximate surface area is 121 Å². The normalized spacial score (nSPS) is 19.4. The summed E-state index contributed by atoms with van der Waals surface area (Å²) in [5.41, 5.74) is 0. The fourth-order valence-electron chi connectivity index (χ4n) is 2.31. The summed E-state index contributed by atoms with van der Waals surface area (Å²) in [7, 11) is -2.64. The molecule has 7 heteroatoms. The molecule has 1 saturated heterocycles. The lowest BCUT2D eigenvalue weighted by Gasteiger charge is -2.28. The summed E-state index contributed by atoms with van der Waals surface area (Å²) in [6, 6.07) is 0.653. The fraction of sp³-hybridized carbons (Fsp3) is 0.846. The maximum absolute atomic E-state index is 11.4. The van der Waals surface area contributed by atoms with Gasteiger partial charge in [-0.15, -0.1) is 0 Å². The molecule has 1 atom stereocenters. The van der Waals surface area contributed by atoms with Gasteiger partial charge in [-0.1, -0.05) is 0 Å². The number of cyclic esters (lactones) is 2. The molecule has 0 aromatic heterocycles. The van der Waals surface area contributed by atoms with Crippen LogP contribution >= 0.6 is 0 Å². The minimum absolute atomic E-state index is 0.186. The highest BCUT2D eigenvalue weighted by atomic mass is 28.4. The molecule has 0 aliphatic carbocycles. The van der Waals surface area contributed by atoms with E-state index in [1.165, 1.54) is 0 Å². The molecule has 0 radical (unpaired) electrons. The van der Waals surface area contributed by atoms with Gasteiger partial charge >= 0.3 is 20.7 Å².